The number of nitriles is 1. The van der Waals surface area contributed by atoms with E-state index in [1.165, 1.54) is 10.8 Å². The number of nitrogens with one attached hydrogen (secondary N) is 3. The fraction of sp³-hybridized carbons (Fsp3) is 0.396. The van der Waals surface area contributed by atoms with E-state index >= 15 is 0 Å². The third-order valence-electron chi connectivity index (χ3n) is 13.4. The maximum atomic E-state index is 13.4. The summed E-state index contributed by atoms with van der Waals surface area (Å²) in [6, 6.07) is 17.0. The van der Waals surface area contributed by atoms with E-state index in [9.17, 15) is 29.2 Å². The minimum absolute atomic E-state index is 0.126. The first-order valence-electron chi connectivity index (χ1n) is 22.2. The van der Waals surface area contributed by atoms with Crippen molar-refractivity contribution in [2.75, 3.05) is 57.3 Å². The number of piperazine rings is 1. The molecule has 5 aliphatic rings. The molecule has 6 heterocycles. The number of anilines is 1. The van der Waals surface area contributed by atoms with Gasteiger partial charge < -0.3 is 14.5 Å². The quantitative estimate of drug-likeness (QED) is 0.186. The number of ether oxygens (including phenoxy) is 1. The molecular formula is C48H51N11O6. The van der Waals surface area contributed by atoms with Crippen LogP contribution in [0.5, 0.6) is 5.88 Å². The summed E-state index contributed by atoms with van der Waals surface area (Å²) in [4.78, 5) is 78.7. The van der Waals surface area contributed by atoms with E-state index in [0.717, 1.165) is 61.2 Å². The van der Waals surface area contributed by atoms with Gasteiger partial charge >= 0.3 is 0 Å². The Labute approximate surface area is 375 Å². The molecule has 1 aliphatic carbocycles. The zero-order valence-electron chi connectivity index (χ0n) is 36.2. The topological polar surface area (TPSA) is 208 Å². The molecule has 0 saturated carbocycles. The van der Waals surface area contributed by atoms with Crippen molar-refractivity contribution in [1.29, 1.82) is 5.26 Å². The molecular weight excluding hydrogens is 827 g/mol. The van der Waals surface area contributed by atoms with Gasteiger partial charge in [0.2, 0.25) is 17.7 Å². The lowest BCUT2D eigenvalue weighted by atomic mass is 9.64. The molecule has 4 aromatic rings. The first-order valence-corrected chi connectivity index (χ1v) is 22.2. The molecule has 0 radical (unpaired) electrons. The molecule has 2 aromatic carbocycles. The molecule has 3 fully saturated rings. The van der Waals surface area contributed by atoms with Crippen molar-refractivity contribution in [2.24, 2.45) is 11.3 Å². The second-order valence-corrected chi connectivity index (χ2v) is 17.5. The summed E-state index contributed by atoms with van der Waals surface area (Å²) in [7, 11) is 0. The lowest BCUT2D eigenvalue weighted by Gasteiger charge is -2.45. The molecule has 334 valence electrons. The average Bonchev–Trinajstić information content (AvgIpc) is 3.33. The zero-order valence-corrected chi connectivity index (χ0v) is 36.2. The third kappa shape index (κ3) is 8.91. The molecule has 4 aliphatic heterocycles. The number of piperidine rings is 2. The number of hydrogen-bond acceptors (Lipinski definition) is 13. The Balaban J connectivity index is 0.749. The van der Waals surface area contributed by atoms with Gasteiger partial charge in [-0.25, -0.2) is 15.1 Å². The standard InChI is InChI=1S/C48H51N11O6/c1-32-38-27-36(8-9-37(38)46(64)59(54-32)39-10-11-40(60)51-45(39)63)57-24-22-56(23-25-57)29-43(62)58-20-14-33(15-21-58)30-65-42-13-19-50-44(52-42)35-7-5-6-34(26-35)28-48(18-12-41(61)53-55-48)47(31-49)16-3-2-4-17-47/h2-9,12-13,16,18-19,26-27,33,39,55H,10-11,14-15,17,20-25,28-30H2,1H3,(H,53,61)(H,51,60,63). The number of imide groups is 1. The van der Waals surface area contributed by atoms with Crippen molar-refractivity contribution >= 4 is 40.1 Å². The zero-order chi connectivity index (χ0) is 45.1. The van der Waals surface area contributed by atoms with Crippen LogP contribution in [-0.2, 0) is 25.6 Å². The Morgan fingerprint density at radius 3 is 2.52 bits per heavy atom. The average molecular weight is 878 g/mol. The van der Waals surface area contributed by atoms with Crippen LogP contribution in [0.3, 0.4) is 0 Å². The van der Waals surface area contributed by atoms with E-state index in [-0.39, 0.29) is 42.0 Å². The summed E-state index contributed by atoms with van der Waals surface area (Å²) >= 11 is 0. The molecule has 17 heteroatoms. The molecule has 3 atom stereocenters. The van der Waals surface area contributed by atoms with E-state index in [0.29, 0.717) is 61.9 Å². The summed E-state index contributed by atoms with van der Waals surface area (Å²) in [6.45, 7) is 6.88. The molecule has 2 aromatic heterocycles. The number of likely N-dealkylation sites (tertiary alicyclic amines) is 1. The number of allylic oxidation sites excluding steroid dienone is 3. The highest BCUT2D eigenvalue weighted by Gasteiger charge is 2.50. The minimum Gasteiger partial charge on any atom is -0.477 e. The number of rotatable bonds is 11. The lowest BCUT2D eigenvalue weighted by molar-refractivity contribution is -0.136. The van der Waals surface area contributed by atoms with Crippen LogP contribution in [0.4, 0.5) is 5.69 Å². The highest BCUT2D eigenvalue weighted by Crippen LogP contribution is 2.43. The Morgan fingerprint density at radius 2 is 1.78 bits per heavy atom. The second kappa shape index (κ2) is 18.2. The van der Waals surface area contributed by atoms with Crippen LogP contribution in [0.25, 0.3) is 22.2 Å². The van der Waals surface area contributed by atoms with Crippen LogP contribution < -0.4 is 31.4 Å². The predicted molar refractivity (Wildman–Crippen MR) is 241 cm³/mol. The summed E-state index contributed by atoms with van der Waals surface area (Å²) in [6.07, 6.45) is 15.6. The van der Waals surface area contributed by atoms with Gasteiger partial charge in [0.25, 0.3) is 17.4 Å². The predicted octanol–water partition coefficient (Wildman–Crippen LogP) is 3.08. The molecule has 3 N–H and O–H groups in total. The van der Waals surface area contributed by atoms with E-state index in [4.69, 9.17) is 9.72 Å². The van der Waals surface area contributed by atoms with Gasteiger partial charge in [-0.1, -0.05) is 48.6 Å². The normalized spacial score (nSPS) is 23.9. The number of aryl methyl sites for hydroxylation is 1. The van der Waals surface area contributed by atoms with Gasteiger partial charge in [0.15, 0.2) is 5.82 Å². The number of amides is 4. The molecule has 17 nitrogen and oxygen atoms in total. The van der Waals surface area contributed by atoms with E-state index in [2.05, 4.69) is 42.1 Å². The van der Waals surface area contributed by atoms with Gasteiger partial charge in [-0.15, -0.1) is 0 Å². The van der Waals surface area contributed by atoms with E-state index in [1.807, 2.05) is 72.5 Å². The van der Waals surface area contributed by atoms with Crippen molar-refractivity contribution in [1.82, 2.24) is 45.7 Å². The number of hydrazine groups is 1. The third-order valence-corrected chi connectivity index (χ3v) is 13.4. The van der Waals surface area contributed by atoms with Crippen molar-refractivity contribution in [3.05, 3.63) is 113 Å². The van der Waals surface area contributed by atoms with Crippen molar-refractivity contribution in [2.45, 2.75) is 57.0 Å². The van der Waals surface area contributed by atoms with Crippen LogP contribution >= 0.6 is 0 Å². The maximum Gasteiger partial charge on any atom is 0.275 e. The van der Waals surface area contributed by atoms with Gasteiger partial charge in [-0.3, -0.25) is 39.6 Å². The van der Waals surface area contributed by atoms with Gasteiger partial charge in [0.1, 0.15) is 11.5 Å². The number of benzene rings is 2. The van der Waals surface area contributed by atoms with Crippen LogP contribution in [-0.4, -0.2) is 111 Å². The highest BCUT2D eigenvalue weighted by molar-refractivity contribution is 5.99. The number of hydrogen-bond donors (Lipinski definition) is 3. The fourth-order valence-corrected chi connectivity index (χ4v) is 9.57. The molecule has 9 rings (SSSR count). The fourth-order valence-electron chi connectivity index (χ4n) is 9.57. The maximum absolute atomic E-state index is 13.4. The number of carbonyl (C=O) groups excluding carboxylic acids is 4. The summed E-state index contributed by atoms with van der Waals surface area (Å²) in [5, 5.41) is 18.4. The van der Waals surface area contributed by atoms with Gasteiger partial charge in [-0.05, 0) is 74.8 Å². The Morgan fingerprint density at radius 1 is 0.954 bits per heavy atom. The summed E-state index contributed by atoms with van der Waals surface area (Å²) in [5.74, 6) is 0.260. The highest BCUT2D eigenvalue weighted by atomic mass is 16.5. The van der Waals surface area contributed by atoms with Crippen molar-refractivity contribution in [3.8, 4) is 23.3 Å². The monoisotopic (exact) mass is 877 g/mol. The molecule has 0 bridgehead atoms. The molecule has 3 saturated heterocycles. The van der Waals surface area contributed by atoms with Gasteiger partial charge in [0, 0.05) is 80.7 Å². The van der Waals surface area contributed by atoms with Crippen LogP contribution in [0, 0.1) is 29.6 Å². The van der Waals surface area contributed by atoms with Crippen molar-refractivity contribution in [3.63, 3.8) is 0 Å². The van der Waals surface area contributed by atoms with Gasteiger partial charge in [-0.2, -0.15) is 15.3 Å². The Kier molecular flexibility index (Phi) is 12.1. The Bertz CT molecular complexity index is 2730. The van der Waals surface area contributed by atoms with E-state index < -0.39 is 22.9 Å². The first-order chi connectivity index (χ1) is 31.5. The molecule has 0 spiro atoms. The van der Waals surface area contributed by atoms with Gasteiger partial charge in [0.05, 0.1) is 35.8 Å². The second-order valence-electron chi connectivity index (χ2n) is 17.5. The van der Waals surface area contributed by atoms with Crippen LogP contribution in [0.2, 0.25) is 0 Å². The smallest absolute Gasteiger partial charge is 0.275 e. The lowest BCUT2D eigenvalue weighted by Crippen LogP contribution is -2.64. The van der Waals surface area contributed by atoms with Crippen LogP contribution in [0.1, 0.15) is 49.4 Å². The van der Waals surface area contributed by atoms with Crippen molar-refractivity contribution < 1.29 is 23.9 Å². The number of fused-ring (bicyclic) bond motifs is 1. The number of carbonyl (C=O) groups is 4. The number of aromatic nitrogens is 4. The minimum atomic E-state index is -0.922. The summed E-state index contributed by atoms with van der Waals surface area (Å²) < 4.78 is 7.42. The Hall–Kier alpha value is -7.03. The molecule has 65 heavy (non-hydrogen) atoms. The van der Waals surface area contributed by atoms with Crippen LogP contribution in [0.15, 0.2) is 96.0 Å². The first kappa shape index (κ1) is 43.2. The molecule has 3 unspecified atom stereocenters. The largest absolute Gasteiger partial charge is 0.477 e. The SMILES string of the molecule is Cc1nn(C2CCC(=O)NC2=O)c(=O)c2ccc(N3CCN(CC(=O)N4CCC(COc5ccnc(-c6cccc(CC7(C8(C#N)C=CC=CC8)C=CC(=O)NN7)c6)n5)CC4)CC3)cc12. The van der Waals surface area contributed by atoms with E-state index in [1.54, 1.807) is 24.4 Å². The molecule has 4 amide bonds. The summed E-state index contributed by atoms with van der Waals surface area (Å²) in [5.41, 5.74) is 7.05. The number of nitrogens with zero attached hydrogens (tertiary/aromatic N) is 8.